The van der Waals surface area contributed by atoms with E-state index in [9.17, 15) is 4.39 Å². The Balaban J connectivity index is 1.43. The fraction of sp³-hybridized carbons (Fsp3) is 0.100. The van der Waals surface area contributed by atoms with Crippen LogP contribution in [0.1, 0.15) is 11.4 Å². The first kappa shape index (κ1) is 17.4. The summed E-state index contributed by atoms with van der Waals surface area (Å²) in [6.45, 7) is 0.157. The van der Waals surface area contributed by atoms with Crippen molar-refractivity contribution in [1.29, 1.82) is 0 Å². The van der Waals surface area contributed by atoms with Crippen LogP contribution in [0.4, 0.5) is 4.39 Å². The molecule has 7 heteroatoms. The fourth-order valence-electron chi connectivity index (χ4n) is 2.74. The van der Waals surface area contributed by atoms with Crippen molar-refractivity contribution >= 4 is 22.5 Å². The molecule has 0 saturated carbocycles. The number of nitrogens with zero attached hydrogens (tertiary/aromatic N) is 3. The average Bonchev–Trinajstić information content (AvgIpc) is 3.05. The molecule has 136 valence electrons. The summed E-state index contributed by atoms with van der Waals surface area (Å²) in [4.78, 5) is 0. The molecular formula is C20H17FN4OS. The van der Waals surface area contributed by atoms with Gasteiger partial charge in [0, 0.05) is 5.75 Å². The number of thioether (sulfide) groups is 1. The van der Waals surface area contributed by atoms with Gasteiger partial charge in [-0.2, -0.15) is 0 Å². The zero-order chi connectivity index (χ0) is 18.6. The van der Waals surface area contributed by atoms with Crippen LogP contribution < -0.4 is 10.6 Å². The number of aromatic nitrogens is 3. The van der Waals surface area contributed by atoms with Crippen LogP contribution >= 0.6 is 11.8 Å². The normalized spacial score (nSPS) is 11.0. The van der Waals surface area contributed by atoms with Crippen LogP contribution in [0, 0.1) is 5.82 Å². The molecule has 0 radical (unpaired) electrons. The van der Waals surface area contributed by atoms with Crippen molar-refractivity contribution in [2.24, 2.45) is 0 Å². The first-order chi connectivity index (χ1) is 13.2. The molecule has 0 spiro atoms. The van der Waals surface area contributed by atoms with E-state index >= 15 is 0 Å². The SMILES string of the molecule is Nn1c(COc2ccc(F)cc2)nnc1SCc1cccc2ccccc12. The predicted octanol–water partition coefficient (Wildman–Crippen LogP) is 4.16. The molecule has 0 aliphatic heterocycles. The minimum absolute atomic E-state index is 0.157. The van der Waals surface area contributed by atoms with Crippen molar-refractivity contribution in [2.75, 3.05) is 5.84 Å². The topological polar surface area (TPSA) is 66.0 Å². The molecule has 3 aromatic carbocycles. The Morgan fingerprint density at radius 2 is 1.74 bits per heavy atom. The summed E-state index contributed by atoms with van der Waals surface area (Å²) >= 11 is 1.52. The van der Waals surface area contributed by atoms with Crippen LogP contribution in [0.2, 0.25) is 0 Å². The molecule has 0 bridgehead atoms. The third kappa shape index (κ3) is 3.88. The lowest BCUT2D eigenvalue weighted by molar-refractivity contribution is 0.291. The van der Waals surface area contributed by atoms with Gasteiger partial charge in [0.05, 0.1) is 0 Å². The van der Waals surface area contributed by atoms with E-state index in [1.54, 1.807) is 12.1 Å². The molecule has 0 unspecified atom stereocenters. The number of ether oxygens (including phenoxy) is 1. The van der Waals surface area contributed by atoms with Crippen LogP contribution in [0.25, 0.3) is 10.8 Å². The van der Waals surface area contributed by atoms with E-state index < -0.39 is 0 Å². The molecule has 1 aromatic heterocycles. The number of rotatable bonds is 6. The molecule has 0 aliphatic rings. The lowest BCUT2D eigenvalue weighted by atomic mass is 10.1. The molecule has 27 heavy (non-hydrogen) atoms. The van der Waals surface area contributed by atoms with Gasteiger partial charge in [-0.05, 0) is 40.6 Å². The van der Waals surface area contributed by atoms with Gasteiger partial charge in [0.1, 0.15) is 18.2 Å². The van der Waals surface area contributed by atoms with Crippen molar-refractivity contribution in [3.63, 3.8) is 0 Å². The molecule has 5 nitrogen and oxygen atoms in total. The van der Waals surface area contributed by atoms with E-state index in [0.29, 0.717) is 16.7 Å². The Morgan fingerprint density at radius 3 is 2.59 bits per heavy atom. The van der Waals surface area contributed by atoms with Crippen LogP contribution in [0.3, 0.4) is 0 Å². The number of hydrogen-bond donors (Lipinski definition) is 1. The summed E-state index contributed by atoms with van der Waals surface area (Å²) in [5.41, 5.74) is 1.21. The van der Waals surface area contributed by atoms with Gasteiger partial charge in [-0.25, -0.2) is 9.07 Å². The average molecular weight is 380 g/mol. The van der Waals surface area contributed by atoms with Crippen LogP contribution in [-0.4, -0.2) is 14.9 Å². The van der Waals surface area contributed by atoms with Crippen molar-refractivity contribution in [2.45, 2.75) is 17.5 Å². The van der Waals surface area contributed by atoms with E-state index in [1.807, 2.05) is 18.2 Å². The molecule has 0 saturated heterocycles. The summed E-state index contributed by atoms with van der Waals surface area (Å²) < 4.78 is 19.9. The maximum atomic E-state index is 12.9. The number of fused-ring (bicyclic) bond motifs is 1. The number of nitrogens with two attached hydrogens (primary N) is 1. The number of nitrogen functional groups attached to an aromatic ring is 1. The zero-order valence-electron chi connectivity index (χ0n) is 14.4. The third-order valence-corrected chi connectivity index (χ3v) is 5.15. The minimum atomic E-state index is -0.309. The van der Waals surface area contributed by atoms with Gasteiger partial charge < -0.3 is 10.6 Å². The summed E-state index contributed by atoms with van der Waals surface area (Å²) in [6, 6.07) is 20.3. The second-order valence-electron chi connectivity index (χ2n) is 5.94. The molecule has 4 rings (SSSR count). The van der Waals surface area contributed by atoms with E-state index in [4.69, 9.17) is 10.6 Å². The van der Waals surface area contributed by atoms with E-state index in [0.717, 1.165) is 5.75 Å². The van der Waals surface area contributed by atoms with Gasteiger partial charge in [0.25, 0.3) is 0 Å². The van der Waals surface area contributed by atoms with Gasteiger partial charge in [0.15, 0.2) is 5.82 Å². The lowest BCUT2D eigenvalue weighted by Gasteiger charge is -2.07. The Morgan fingerprint density at radius 1 is 0.963 bits per heavy atom. The molecule has 0 amide bonds. The van der Waals surface area contributed by atoms with Gasteiger partial charge in [0.2, 0.25) is 5.16 Å². The number of hydrogen-bond acceptors (Lipinski definition) is 5. The van der Waals surface area contributed by atoms with Crippen molar-refractivity contribution in [3.05, 3.63) is 83.9 Å². The highest BCUT2D eigenvalue weighted by Crippen LogP contribution is 2.26. The summed E-state index contributed by atoms with van der Waals surface area (Å²) in [5, 5.41) is 11.3. The van der Waals surface area contributed by atoms with Crippen LogP contribution in [0.15, 0.2) is 71.9 Å². The first-order valence-corrected chi connectivity index (χ1v) is 9.36. The van der Waals surface area contributed by atoms with Gasteiger partial charge in [-0.15, -0.1) is 10.2 Å². The summed E-state index contributed by atoms with van der Waals surface area (Å²) in [6.07, 6.45) is 0. The minimum Gasteiger partial charge on any atom is -0.486 e. The largest absolute Gasteiger partial charge is 0.486 e. The van der Waals surface area contributed by atoms with E-state index in [1.165, 1.54) is 44.9 Å². The van der Waals surface area contributed by atoms with Crippen LogP contribution in [-0.2, 0) is 12.4 Å². The van der Waals surface area contributed by atoms with Crippen molar-refractivity contribution < 1.29 is 9.13 Å². The molecule has 2 N–H and O–H groups in total. The maximum absolute atomic E-state index is 12.9. The van der Waals surface area contributed by atoms with Crippen LogP contribution in [0.5, 0.6) is 5.75 Å². The standard InChI is InChI=1S/C20H17FN4OS/c21-16-8-10-17(11-9-16)26-12-19-23-24-20(25(19)22)27-13-15-6-3-5-14-4-1-2-7-18(14)15/h1-11H,12-13,22H2. The highest BCUT2D eigenvalue weighted by Gasteiger charge is 2.12. The molecule has 4 aromatic rings. The molecule has 0 aliphatic carbocycles. The summed E-state index contributed by atoms with van der Waals surface area (Å²) in [5.74, 6) is 7.57. The van der Waals surface area contributed by atoms with E-state index in [2.05, 4.69) is 34.5 Å². The quantitative estimate of drug-likeness (QED) is 0.402. The van der Waals surface area contributed by atoms with E-state index in [-0.39, 0.29) is 12.4 Å². The highest BCUT2D eigenvalue weighted by molar-refractivity contribution is 7.98. The molecule has 0 atom stereocenters. The fourth-order valence-corrected chi connectivity index (χ4v) is 3.62. The van der Waals surface area contributed by atoms with Gasteiger partial charge >= 0.3 is 0 Å². The van der Waals surface area contributed by atoms with Crippen molar-refractivity contribution in [3.8, 4) is 5.75 Å². The Bertz CT molecular complexity index is 1060. The maximum Gasteiger partial charge on any atom is 0.210 e. The lowest BCUT2D eigenvalue weighted by Crippen LogP contribution is -2.15. The predicted molar refractivity (Wildman–Crippen MR) is 104 cm³/mol. The second kappa shape index (κ2) is 7.67. The van der Waals surface area contributed by atoms with Gasteiger partial charge in [-0.3, -0.25) is 0 Å². The molecule has 1 heterocycles. The number of halogens is 1. The monoisotopic (exact) mass is 380 g/mol. The highest BCUT2D eigenvalue weighted by atomic mass is 32.2. The number of benzene rings is 3. The summed E-state index contributed by atoms with van der Waals surface area (Å²) in [7, 11) is 0. The Kier molecular flexibility index (Phi) is 4.93. The first-order valence-electron chi connectivity index (χ1n) is 8.38. The zero-order valence-corrected chi connectivity index (χ0v) is 15.2. The van der Waals surface area contributed by atoms with Gasteiger partial charge in [-0.1, -0.05) is 54.2 Å². The smallest absolute Gasteiger partial charge is 0.210 e. The second-order valence-corrected chi connectivity index (χ2v) is 6.88. The molecular weight excluding hydrogens is 363 g/mol. The Labute approximate surface area is 159 Å². The van der Waals surface area contributed by atoms with Crippen molar-refractivity contribution in [1.82, 2.24) is 14.9 Å². The molecule has 0 fully saturated rings. The Hall–Kier alpha value is -3.06. The third-order valence-electron chi connectivity index (χ3n) is 4.15.